The highest BCUT2D eigenvalue weighted by molar-refractivity contribution is 6.34. The van der Waals surface area contributed by atoms with Gasteiger partial charge in [-0.05, 0) is 227 Å². The van der Waals surface area contributed by atoms with Gasteiger partial charge in [-0.3, -0.25) is 0 Å². The summed E-state index contributed by atoms with van der Waals surface area (Å²) in [7, 11) is 0. The highest BCUT2D eigenvalue weighted by Gasteiger charge is 2.25. The van der Waals surface area contributed by atoms with E-state index in [1.807, 2.05) is 18.2 Å². The molecular formula is C98H56O4. The molecular weight excluding hydrogens is 1240 g/mol. The van der Waals surface area contributed by atoms with Crippen LogP contribution in [-0.2, 0) is 0 Å². The Kier molecular flexibility index (Phi) is 11.9. The van der Waals surface area contributed by atoms with Gasteiger partial charge in [0.2, 0.25) is 0 Å². The summed E-state index contributed by atoms with van der Waals surface area (Å²) in [5.41, 5.74) is 19.8. The standard InChI is InChI=1S/C98H56O4/c1-55(59-34-35-62-51-64(38-36-61(62)49-59)90-70-22-7-11-26-74(70)91(75-27-12-8-23-71(75)90)65-40-44-79-86(52-65)100-84-47-42-58-39-43-77-67-19-13-15-29-82(67)102-98(77)93(58)94(79)84)31-32-56(2)81-54-88-96(78-28-14-16-30-83(78)99-88)97-76(81)46-48-85-95(97)80-45-41-66(53-87(80)101-85)92-72-24-9-5-20-68(72)89(69-21-6-10-25-73(69)92)63-37-33-57-17-3-4-18-60(57)50-63/h3-54H,1-2H2/b32-31-. The van der Waals surface area contributed by atoms with Crippen LogP contribution in [-0.4, -0.2) is 0 Å². The second kappa shape index (κ2) is 21.5. The maximum absolute atomic E-state index is 7.02. The van der Waals surface area contributed by atoms with E-state index in [-0.39, 0.29) is 0 Å². The van der Waals surface area contributed by atoms with Crippen molar-refractivity contribution in [2.24, 2.45) is 0 Å². The van der Waals surface area contributed by atoms with E-state index in [1.165, 1.54) is 81.7 Å². The Balaban J connectivity index is 0.606. The molecule has 0 amide bonds. The van der Waals surface area contributed by atoms with Gasteiger partial charge in [0.1, 0.15) is 44.7 Å². The molecule has 22 aromatic rings. The number of fused-ring (bicyclic) bond motifs is 24. The summed E-state index contributed by atoms with van der Waals surface area (Å²) in [6, 6.07) is 110. The van der Waals surface area contributed by atoms with Crippen molar-refractivity contribution in [2.45, 2.75) is 0 Å². The maximum atomic E-state index is 7.02. The lowest BCUT2D eigenvalue weighted by molar-refractivity contribution is 0.668. The summed E-state index contributed by atoms with van der Waals surface area (Å²) in [5.74, 6) is 0. The van der Waals surface area contributed by atoms with Gasteiger partial charge in [-0.25, -0.2) is 0 Å². The average Bonchev–Trinajstić information content (AvgIpc) is 0.937. The molecule has 0 saturated carbocycles. The van der Waals surface area contributed by atoms with E-state index >= 15 is 0 Å². The first-order valence-electron chi connectivity index (χ1n) is 34.8. The van der Waals surface area contributed by atoms with Crippen molar-refractivity contribution in [3.63, 3.8) is 0 Å². The molecule has 4 nitrogen and oxygen atoms in total. The van der Waals surface area contributed by atoms with Crippen LogP contribution in [0.2, 0.25) is 0 Å². The zero-order chi connectivity index (χ0) is 67.0. The quantitative estimate of drug-likeness (QED) is 0.112. The smallest absolute Gasteiger partial charge is 0.144 e. The molecule has 4 heteroatoms. The van der Waals surface area contributed by atoms with Gasteiger partial charge >= 0.3 is 0 Å². The third-order valence-electron chi connectivity index (χ3n) is 21.8. The second-order valence-electron chi connectivity index (χ2n) is 27.4. The van der Waals surface area contributed by atoms with Gasteiger partial charge in [-0.15, -0.1) is 0 Å². The summed E-state index contributed by atoms with van der Waals surface area (Å²) in [5, 5.41) is 27.2. The number of hydrogen-bond donors (Lipinski definition) is 0. The van der Waals surface area contributed by atoms with E-state index in [0.717, 1.165) is 159 Å². The Morgan fingerprint density at radius 1 is 0.216 bits per heavy atom. The molecule has 0 unspecified atom stereocenters. The van der Waals surface area contributed by atoms with Gasteiger partial charge in [0.15, 0.2) is 0 Å². The van der Waals surface area contributed by atoms with Gasteiger partial charge in [0.25, 0.3) is 0 Å². The molecule has 0 aliphatic carbocycles. The summed E-state index contributed by atoms with van der Waals surface area (Å²) < 4.78 is 27.2. The van der Waals surface area contributed by atoms with Crippen molar-refractivity contribution in [3.05, 3.63) is 340 Å². The zero-order valence-corrected chi connectivity index (χ0v) is 55.1. The fourth-order valence-corrected chi connectivity index (χ4v) is 17.3. The van der Waals surface area contributed by atoms with Crippen molar-refractivity contribution < 1.29 is 17.7 Å². The zero-order valence-electron chi connectivity index (χ0n) is 55.1. The van der Waals surface area contributed by atoms with Gasteiger partial charge in [-0.2, -0.15) is 0 Å². The monoisotopic (exact) mass is 1300 g/mol. The van der Waals surface area contributed by atoms with Crippen LogP contribution in [0.5, 0.6) is 0 Å². The minimum absolute atomic E-state index is 0.793. The van der Waals surface area contributed by atoms with Crippen LogP contribution in [0.4, 0.5) is 0 Å². The topological polar surface area (TPSA) is 52.6 Å². The van der Waals surface area contributed by atoms with Crippen LogP contribution in [0.1, 0.15) is 11.1 Å². The molecule has 472 valence electrons. The van der Waals surface area contributed by atoms with Crippen LogP contribution in [0.15, 0.2) is 346 Å². The summed E-state index contributed by atoms with van der Waals surface area (Å²) in [6.45, 7) is 9.42. The molecule has 0 N–H and O–H groups in total. The van der Waals surface area contributed by atoms with Gasteiger partial charge in [0.05, 0.1) is 0 Å². The Bertz CT molecular complexity index is 7430. The molecule has 102 heavy (non-hydrogen) atoms. The molecule has 0 atom stereocenters. The van der Waals surface area contributed by atoms with Crippen LogP contribution >= 0.6 is 0 Å². The second-order valence-corrected chi connectivity index (χ2v) is 27.4. The lowest BCUT2D eigenvalue weighted by Gasteiger charge is -2.18. The molecule has 0 saturated heterocycles. The molecule has 0 radical (unpaired) electrons. The first-order chi connectivity index (χ1) is 50.4. The Morgan fingerprint density at radius 3 is 1.18 bits per heavy atom. The molecule has 0 aliphatic rings. The number of allylic oxidation sites excluding steroid dienone is 4. The van der Waals surface area contributed by atoms with Gasteiger partial charge < -0.3 is 17.7 Å². The number of benzene rings is 18. The maximum Gasteiger partial charge on any atom is 0.144 e. The van der Waals surface area contributed by atoms with E-state index in [0.29, 0.717) is 0 Å². The summed E-state index contributed by atoms with van der Waals surface area (Å²) in [6.07, 6.45) is 4.19. The molecule has 0 bridgehead atoms. The lowest BCUT2D eigenvalue weighted by atomic mass is 9.85. The third-order valence-corrected chi connectivity index (χ3v) is 21.8. The highest BCUT2D eigenvalue weighted by Crippen LogP contribution is 2.51. The highest BCUT2D eigenvalue weighted by atomic mass is 16.3. The SMILES string of the molecule is C=C(/C=C\C(=C)c1cc2oc3ccccc3c2c2c1ccc1oc3cc(-c4c5ccccc5c(-c5ccc6ccccc6c5)c5ccccc45)ccc3c12)c1ccc2cc(-c3c4ccccc4c(-c4ccc5c(c4)oc4ccc6ccc7c8ccccc8oc7c6c45)c4ccccc34)ccc2c1. The van der Waals surface area contributed by atoms with E-state index in [2.05, 4.69) is 304 Å². The lowest BCUT2D eigenvalue weighted by Crippen LogP contribution is -1.91. The Hall–Kier alpha value is -13.5. The van der Waals surface area contributed by atoms with Crippen LogP contribution in [0.3, 0.4) is 0 Å². The molecule has 18 aromatic carbocycles. The Labute approximate surface area is 583 Å². The van der Waals surface area contributed by atoms with Crippen molar-refractivity contribution in [1.82, 2.24) is 0 Å². The average molecular weight is 1300 g/mol. The van der Waals surface area contributed by atoms with Crippen LogP contribution in [0, 0.1) is 0 Å². The summed E-state index contributed by atoms with van der Waals surface area (Å²) in [4.78, 5) is 0. The van der Waals surface area contributed by atoms with E-state index in [1.54, 1.807) is 0 Å². The molecule has 0 spiro atoms. The first-order valence-corrected chi connectivity index (χ1v) is 34.8. The Morgan fingerprint density at radius 2 is 0.588 bits per heavy atom. The molecule has 4 aromatic heterocycles. The van der Waals surface area contributed by atoms with E-state index in [9.17, 15) is 0 Å². The number of para-hydroxylation sites is 2. The van der Waals surface area contributed by atoms with E-state index < -0.39 is 0 Å². The molecule has 4 heterocycles. The predicted molar refractivity (Wildman–Crippen MR) is 431 cm³/mol. The van der Waals surface area contributed by atoms with Crippen molar-refractivity contribution in [3.8, 4) is 44.5 Å². The third kappa shape index (κ3) is 8.26. The van der Waals surface area contributed by atoms with E-state index in [4.69, 9.17) is 24.2 Å². The minimum atomic E-state index is 0.793. The van der Waals surface area contributed by atoms with Crippen molar-refractivity contribution in [1.29, 1.82) is 0 Å². The largest absolute Gasteiger partial charge is 0.456 e. The minimum Gasteiger partial charge on any atom is -0.456 e. The molecule has 0 aliphatic heterocycles. The van der Waals surface area contributed by atoms with Gasteiger partial charge in [0, 0.05) is 53.9 Å². The van der Waals surface area contributed by atoms with Gasteiger partial charge in [-0.1, -0.05) is 244 Å². The molecule has 0 fully saturated rings. The number of furan rings is 4. The van der Waals surface area contributed by atoms with Crippen molar-refractivity contribution in [2.75, 3.05) is 0 Å². The number of rotatable bonds is 8. The predicted octanol–water partition coefficient (Wildman–Crippen LogP) is 28.5. The number of hydrogen-bond acceptors (Lipinski definition) is 4. The molecule has 22 rings (SSSR count). The van der Waals surface area contributed by atoms with Crippen LogP contribution < -0.4 is 0 Å². The fourth-order valence-electron chi connectivity index (χ4n) is 17.3. The fraction of sp³-hybridized carbons (Fsp3) is 0. The first kappa shape index (κ1) is 56.5. The van der Waals surface area contributed by atoms with Crippen molar-refractivity contribution >= 4 is 185 Å². The summed E-state index contributed by atoms with van der Waals surface area (Å²) >= 11 is 0. The van der Waals surface area contributed by atoms with Crippen LogP contribution in [0.25, 0.3) is 230 Å². The normalized spacial score (nSPS) is 12.4.